The van der Waals surface area contributed by atoms with Crippen molar-refractivity contribution in [1.82, 2.24) is 20.1 Å². The maximum atomic E-state index is 12.2. The fraction of sp³-hybridized carbons (Fsp3) is 0.167. The summed E-state index contributed by atoms with van der Waals surface area (Å²) in [5, 5.41) is 9.81. The maximum absolute atomic E-state index is 12.2. The Labute approximate surface area is 144 Å². The highest BCUT2D eigenvalue weighted by Crippen LogP contribution is 2.27. The van der Waals surface area contributed by atoms with Crippen molar-refractivity contribution in [2.45, 2.75) is 12.5 Å². The standard InChI is InChI=1S/C18H17N5O2/c24-18(20-10-14-9-13-5-1-4-8-17(13)25-14)22-15-6-2-3-7-16(15)23-12-19-11-21-23/h1-8,11-12,14H,9-10H2,(H2,20,22,24)/t14-/m1/s1. The summed E-state index contributed by atoms with van der Waals surface area (Å²) >= 11 is 0. The summed E-state index contributed by atoms with van der Waals surface area (Å²) in [5.41, 5.74) is 2.58. The van der Waals surface area contributed by atoms with E-state index in [1.165, 1.54) is 11.9 Å². The molecule has 2 heterocycles. The van der Waals surface area contributed by atoms with Crippen molar-refractivity contribution < 1.29 is 9.53 Å². The number of nitrogens with zero attached hydrogens (tertiary/aromatic N) is 3. The van der Waals surface area contributed by atoms with Gasteiger partial charge in [0.05, 0.1) is 17.9 Å². The largest absolute Gasteiger partial charge is 0.488 e. The molecule has 0 bridgehead atoms. The van der Waals surface area contributed by atoms with Crippen LogP contribution in [0, 0.1) is 0 Å². The first-order valence-corrected chi connectivity index (χ1v) is 8.03. The highest BCUT2D eigenvalue weighted by atomic mass is 16.5. The van der Waals surface area contributed by atoms with Crippen LogP contribution in [-0.4, -0.2) is 33.4 Å². The van der Waals surface area contributed by atoms with Gasteiger partial charge in [-0.25, -0.2) is 14.5 Å². The lowest BCUT2D eigenvalue weighted by molar-refractivity contribution is 0.219. The van der Waals surface area contributed by atoms with Gasteiger partial charge in [-0.1, -0.05) is 30.3 Å². The van der Waals surface area contributed by atoms with Crippen molar-refractivity contribution in [2.75, 3.05) is 11.9 Å². The predicted octanol–water partition coefficient (Wildman–Crippen LogP) is 2.39. The molecule has 2 aromatic carbocycles. The van der Waals surface area contributed by atoms with Crippen LogP contribution in [0.25, 0.3) is 5.69 Å². The highest BCUT2D eigenvalue weighted by molar-refractivity contribution is 5.91. The van der Waals surface area contributed by atoms with Gasteiger partial charge in [-0.3, -0.25) is 0 Å². The molecule has 126 valence electrons. The van der Waals surface area contributed by atoms with Crippen LogP contribution < -0.4 is 15.4 Å². The number of fused-ring (bicyclic) bond motifs is 1. The van der Waals surface area contributed by atoms with Crippen LogP contribution in [-0.2, 0) is 6.42 Å². The van der Waals surface area contributed by atoms with Crippen molar-refractivity contribution in [3.63, 3.8) is 0 Å². The number of anilines is 1. The lowest BCUT2D eigenvalue weighted by Gasteiger charge is -2.14. The van der Waals surface area contributed by atoms with E-state index in [9.17, 15) is 4.79 Å². The van der Waals surface area contributed by atoms with Gasteiger partial charge in [-0.05, 0) is 23.8 Å². The van der Waals surface area contributed by atoms with E-state index in [4.69, 9.17) is 4.74 Å². The summed E-state index contributed by atoms with van der Waals surface area (Å²) in [6.45, 7) is 0.437. The van der Waals surface area contributed by atoms with Gasteiger partial charge in [0.2, 0.25) is 0 Å². The highest BCUT2D eigenvalue weighted by Gasteiger charge is 2.22. The molecule has 25 heavy (non-hydrogen) atoms. The van der Waals surface area contributed by atoms with E-state index in [-0.39, 0.29) is 12.1 Å². The van der Waals surface area contributed by atoms with E-state index in [0.717, 1.165) is 17.9 Å². The Hall–Kier alpha value is -3.35. The Bertz CT molecular complexity index is 854. The normalized spacial score (nSPS) is 15.3. The van der Waals surface area contributed by atoms with Gasteiger partial charge in [0.1, 0.15) is 24.5 Å². The third-order valence-corrected chi connectivity index (χ3v) is 4.02. The number of amides is 2. The van der Waals surface area contributed by atoms with E-state index in [1.54, 1.807) is 11.0 Å². The first-order valence-electron chi connectivity index (χ1n) is 8.03. The van der Waals surface area contributed by atoms with Gasteiger partial charge in [0.25, 0.3) is 0 Å². The second-order valence-electron chi connectivity index (χ2n) is 5.74. The molecule has 7 heteroatoms. The Kier molecular flexibility index (Phi) is 4.04. The molecule has 1 aliphatic heterocycles. The van der Waals surface area contributed by atoms with Crippen LogP contribution >= 0.6 is 0 Å². The van der Waals surface area contributed by atoms with Gasteiger partial charge < -0.3 is 15.4 Å². The van der Waals surface area contributed by atoms with E-state index in [0.29, 0.717) is 12.2 Å². The SMILES string of the molecule is O=C(NC[C@H]1Cc2ccccc2O1)Nc1ccccc1-n1cncn1. The quantitative estimate of drug-likeness (QED) is 0.767. The summed E-state index contributed by atoms with van der Waals surface area (Å²) < 4.78 is 7.43. The molecule has 2 N–H and O–H groups in total. The average molecular weight is 335 g/mol. The third-order valence-electron chi connectivity index (χ3n) is 4.02. The van der Waals surface area contributed by atoms with Crippen molar-refractivity contribution in [3.8, 4) is 11.4 Å². The number of nitrogens with one attached hydrogen (secondary N) is 2. The number of carbonyl (C=O) groups is 1. The second kappa shape index (κ2) is 6.64. The Balaban J connectivity index is 1.36. The molecular weight excluding hydrogens is 318 g/mol. The molecular formula is C18H17N5O2. The van der Waals surface area contributed by atoms with Gasteiger partial charge in [0, 0.05) is 6.42 Å². The van der Waals surface area contributed by atoms with Crippen LogP contribution in [0.15, 0.2) is 61.2 Å². The van der Waals surface area contributed by atoms with E-state index in [2.05, 4.69) is 20.7 Å². The zero-order chi connectivity index (χ0) is 17.1. The summed E-state index contributed by atoms with van der Waals surface area (Å²) in [4.78, 5) is 16.2. The molecule has 1 aromatic heterocycles. The van der Waals surface area contributed by atoms with E-state index in [1.807, 2.05) is 48.5 Å². The molecule has 1 aliphatic rings. The number of rotatable bonds is 4. The number of para-hydroxylation sites is 3. The predicted molar refractivity (Wildman–Crippen MR) is 92.9 cm³/mol. The fourth-order valence-electron chi connectivity index (χ4n) is 2.85. The monoisotopic (exact) mass is 335 g/mol. The lowest BCUT2D eigenvalue weighted by Crippen LogP contribution is -2.37. The van der Waals surface area contributed by atoms with Gasteiger partial charge >= 0.3 is 6.03 Å². The number of ether oxygens (including phenoxy) is 1. The molecule has 0 fully saturated rings. The summed E-state index contributed by atoms with van der Waals surface area (Å²) in [6, 6.07) is 15.1. The smallest absolute Gasteiger partial charge is 0.319 e. The number of benzene rings is 2. The molecule has 7 nitrogen and oxygen atoms in total. The molecule has 1 atom stereocenters. The summed E-state index contributed by atoms with van der Waals surface area (Å²) in [6.07, 6.45) is 3.79. The number of carbonyl (C=O) groups excluding carboxylic acids is 1. The van der Waals surface area contributed by atoms with Crippen LogP contribution in [0.4, 0.5) is 10.5 Å². The topological polar surface area (TPSA) is 81.1 Å². The van der Waals surface area contributed by atoms with Crippen molar-refractivity contribution in [2.24, 2.45) is 0 Å². The minimum absolute atomic E-state index is 0.0475. The fourth-order valence-corrected chi connectivity index (χ4v) is 2.85. The molecule has 0 saturated heterocycles. The van der Waals surface area contributed by atoms with Gasteiger partial charge in [-0.15, -0.1) is 0 Å². The second-order valence-corrected chi connectivity index (χ2v) is 5.74. The number of urea groups is 1. The van der Waals surface area contributed by atoms with Crippen LogP contribution in [0.2, 0.25) is 0 Å². The van der Waals surface area contributed by atoms with E-state index >= 15 is 0 Å². The van der Waals surface area contributed by atoms with Crippen LogP contribution in [0.5, 0.6) is 5.75 Å². The van der Waals surface area contributed by atoms with Crippen LogP contribution in [0.3, 0.4) is 0 Å². The molecule has 0 unspecified atom stereocenters. The Morgan fingerprint density at radius 1 is 1.20 bits per heavy atom. The van der Waals surface area contributed by atoms with E-state index < -0.39 is 0 Å². The number of aromatic nitrogens is 3. The first-order chi connectivity index (χ1) is 12.3. The van der Waals surface area contributed by atoms with Crippen molar-refractivity contribution in [3.05, 3.63) is 66.7 Å². The molecule has 0 aliphatic carbocycles. The third kappa shape index (κ3) is 3.30. The minimum Gasteiger partial charge on any atom is -0.488 e. The zero-order valence-electron chi connectivity index (χ0n) is 13.4. The number of hydrogen-bond acceptors (Lipinski definition) is 4. The van der Waals surface area contributed by atoms with Crippen LogP contribution in [0.1, 0.15) is 5.56 Å². The Morgan fingerprint density at radius 2 is 2.04 bits per heavy atom. The average Bonchev–Trinajstić information content (AvgIpc) is 3.30. The molecule has 0 saturated carbocycles. The lowest BCUT2D eigenvalue weighted by atomic mass is 10.1. The van der Waals surface area contributed by atoms with Gasteiger partial charge in [-0.2, -0.15) is 5.10 Å². The van der Waals surface area contributed by atoms with Gasteiger partial charge in [0.15, 0.2) is 0 Å². The maximum Gasteiger partial charge on any atom is 0.319 e. The van der Waals surface area contributed by atoms with Crippen molar-refractivity contribution >= 4 is 11.7 Å². The molecule has 0 radical (unpaired) electrons. The summed E-state index contributed by atoms with van der Waals surface area (Å²) in [7, 11) is 0. The number of hydrogen-bond donors (Lipinski definition) is 2. The minimum atomic E-state index is -0.285. The molecule has 3 aromatic rings. The molecule has 0 spiro atoms. The first kappa shape index (κ1) is 15.2. The Morgan fingerprint density at radius 3 is 2.88 bits per heavy atom. The zero-order valence-corrected chi connectivity index (χ0v) is 13.4. The van der Waals surface area contributed by atoms with Crippen molar-refractivity contribution in [1.29, 1.82) is 0 Å². The summed E-state index contributed by atoms with van der Waals surface area (Å²) in [5.74, 6) is 0.895. The molecule has 4 rings (SSSR count). The molecule has 2 amide bonds.